The molecule has 0 radical (unpaired) electrons. The number of carbonyl (C=O) groups is 1. The van der Waals surface area contributed by atoms with Crippen LogP contribution in [0.2, 0.25) is 0 Å². The van der Waals surface area contributed by atoms with E-state index in [2.05, 4.69) is 4.98 Å². The molecule has 2 heterocycles. The van der Waals surface area contributed by atoms with E-state index in [1.807, 2.05) is 37.3 Å². The third kappa shape index (κ3) is 3.65. The number of benzene rings is 2. The number of hydrogen-bond acceptors (Lipinski definition) is 4. The quantitative estimate of drug-likeness (QED) is 0.554. The second kappa shape index (κ2) is 7.67. The van der Waals surface area contributed by atoms with E-state index in [0.29, 0.717) is 16.8 Å². The zero-order chi connectivity index (χ0) is 20.4. The molecule has 6 nitrogen and oxygen atoms in total. The molecule has 1 amide bonds. The second-order valence-corrected chi connectivity index (χ2v) is 6.73. The van der Waals surface area contributed by atoms with Crippen molar-refractivity contribution >= 4 is 22.5 Å². The summed E-state index contributed by atoms with van der Waals surface area (Å²) < 4.78 is 10.6. The molecule has 0 saturated carbocycles. The van der Waals surface area contributed by atoms with Gasteiger partial charge in [-0.1, -0.05) is 18.2 Å². The van der Waals surface area contributed by atoms with Crippen molar-refractivity contribution in [2.24, 2.45) is 0 Å². The van der Waals surface area contributed by atoms with Crippen molar-refractivity contribution in [2.75, 3.05) is 12.0 Å². The van der Waals surface area contributed by atoms with Gasteiger partial charge in [0.1, 0.15) is 5.75 Å². The van der Waals surface area contributed by atoms with Crippen LogP contribution in [-0.2, 0) is 6.54 Å². The minimum absolute atomic E-state index is 0.104. The van der Waals surface area contributed by atoms with E-state index in [1.54, 1.807) is 42.3 Å². The summed E-state index contributed by atoms with van der Waals surface area (Å²) in [5, 5.41) is 0.828. The molecule has 0 atom stereocenters. The van der Waals surface area contributed by atoms with E-state index >= 15 is 0 Å². The Hall–Kier alpha value is -3.80. The Bertz CT molecular complexity index is 1230. The lowest BCUT2D eigenvalue weighted by atomic mass is 10.1. The number of nitrogens with zero attached hydrogens (tertiary/aromatic N) is 1. The first-order valence-corrected chi connectivity index (χ1v) is 9.18. The van der Waals surface area contributed by atoms with Gasteiger partial charge in [0.05, 0.1) is 19.9 Å². The van der Waals surface area contributed by atoms with E-state index in [1.165, 1.54) is 6.26 Å². The number of aromatic amines is 1. The van der Waals surface area contributed by atoms with Crippen LogP contribution in [0.4, 0.5) is 5.69 Å². The maximum Gasteiger partial charge on any atom is 0.294 e. The number of amides is 1. The first kappa shape index (κ1) is 18.6. The maximum absolute atomic E-state index is 13.1. The Kier molecular flexibility index (Phi) is 4.91. The van der Waals surface area contributed by atoms with Gasteiger partial charge in [0.15, 0.2) is 5.76 Å². The Morgan fingerprint density at radius 3 is 2.66 bits per heavy atom. The molecule has 0 aliphatic heterocycles. The number of anilines is 1. The smallest absolute Gasteiger partial charge is 0.294 e. The molecule has 2 aromatic heterocycles. The lowest BCUT2D eigenvalue weighted by molar-refractivity contribution is 0.0958. The topological polar surface area (TPSA) is 75.5 Å². The Balaban J connectivity index is 1.80. The molecule has 4 rings (SSSR count). The monoisotopic (exact) mass is 388 g/mol. The fraction of sp³-hybridized carbons (Fsp3) is 0.130. The standard InChI is InChI=1S/C23H20N2O4/c1-15-6-3-4-7-20(15)25(23(27)21-8-5-11-29-21)14-17-12-16-13-18(28-2)9-10-19(16)24-22(17)26/h3-13H,14H2,1-2H3,(H,24,26). The summed E-state index contributed by atoms with van der Waals surface area (Å²) in [5.41, 5.74) is 2.58. The number of hydrogen-bond donors (Lipinski definition) is 1. The minimum Gasteiger partial charge on any atom is -0.497 e. The molecule has 1 N–H and O–H groups in total. The third-order valence-corrected chi connectivity index (χ3v) is 4.84. The number of furan rings is 1. The highest BCUT2D eigenvalue weighted by atomic mass is 16.5. The van der Waals surface area contributed by atoms with E-state index in [-0.39, 0.29) is 23.8 Å². The molecule has 29 heavy (non-hydrogen) atoms. The van der Waals surface area contributed by atoms with Gasteiger partial charge in [-0.15, -0.1) is 0 Å². The minimum atomic E-state index is -0.311. The molecule has 0 aliphatic rings. The fourth-order valence-corrected chi connectivity index (χ4v) is 3.31. The Labute approximate surface area is 167 Å². The van der Waals surface area contributed by atoms with Crippen molar-refractivity contribution in [3.05, 3.63) is 94.2 Å². The molecule has 2 aromatic carbocycles. The summed E-state index contributed by atoms with van der Waals surface area (Å²) in [5.74, 6) is 0.597. The van der Waals surface area contributed by atoms with Crippen LogP contribution in [0.15, 0.2) is 76.1 Å². The van der Waals surface area contributed by atoms with Gasteiger partial charge >= 0.3 is 0 Å². The normalized spacial score (nSPS) is 10.8. The predicted octanol–water partition coefficient (Wildman–Crippen LogP) is 4.29. The third-order valence-electron chi connectivity index (χ3n) is 4.84. The van der Waals surface area contributed by atoms with Gasteiger partial charge in [-0.25, -0.2) is 0 Å². The summed E-state index contributed by atoms with van der Waals surface area (Å²) in [7, 11) is 1.59. The van der Waals surface area contributed by atoms with Gasteiger partial charge in [-0.05, 0) is 55.0 Å². The summed E-state index contributed by atoms with van der Waals surface area (Å²) in [4.78, 5) is 30.3. The van der Waals surface area contributed by atoms with Gasteiger partial charge in [0.25, 0.3) is 11.5 Å². The number of H-pyrrole nitrogens is 1. The molecule has 0 fully saturated rings. The van der Waals surface area contributed by atoms with Crippen LogP contribution < -0.4 is 15.2 Å². The largest absolute Gasteiger partial charge is 0.497 e. The number of nitrogens with one attached hydrogen (secondary N) is 1. The lowest BCUT2D eigenvalue weighted by Gasteiger charge is -2.23. The van der Waals surface area contributed by atoms with Gasteiger partial charge in [0.2, 0.25) is 0 Å². The summed E-state index contributed by atoms with van der Waals surface area (Å²) >= 11 is 0. The predicted molar refractivity (Wildman–Crippen MR) is 112 cm³/mol. The van der Waals surface area contributed by atoms with Crippen LogP contribution in [0.25, 0.3) is 10.9 Å². The van der Waals surface area contributed by atoms with Crippen LogP contribution in [0, 0.1) is 6.92 Å². The average molecular weight is 388 g/mol. The van der Waals surface area contributed by atoms with E-state index in [9.17, 15) is 9.59 Å². The number of ether oxygens (including phenoxy) is 1. The summed E-state index contributed by atoms with van der Waals surface area (Å²) in [6.07, 6.45) is 1.46. The number of aryl methyl sites for hydroxylation is 1. The van der Waals surface area contributed by atoms with E-state index in [0.717, 1.165) is 16.6 Å². The molecule has 0 bridgehead atoms. The van der Waals surface area contributed by atoms with Crippen LogP contribution in [0.3, 0.4) is 0 Å². The first-order chi connectivity index (χ1) is 14.1. The van der Waals surface area contributed by atoms with Crippen LogP contribution in [-0.4, -0.2) is 18.0 Å². The van der Waals surface area contributed by atoms with Crippen LogP contribution in [0.5, 0.6) is 5.75 Å². The second-order valence-electron chi connectivity index (χ2n) is 6.73. The van der Waals surface area contributed by atoms with Gasteiger partial charge in [-0.3, -0.25) is 9.59 Å². The van der Waals surface area contributed by atoms with E-state index in [4.69, 9.17) is 9.15 Å². The van der Waals surface area contributed by atoms with Crippen molar-refractivity contribution in [1.29, 1.82) is 0 Å². The highest BCUT2D eigenvalue weighted by Gasteiger charge is 2.23. The molecule has 0 saturated heterocycles. The van der Waals surface area contributed by atoms with Crippen molar-refractivity contribution in [2.45, 2.75) is 13.5 Å². The number of para-hydroxylation sites is 1. The van der Waals surface area contributed by atoms with Gasteiger partial charge < -0.3 is 19.0 Å². The van der Waals surface area contributed by atoms with E-state index < -0.39 is 0 Å². The number of fused-ring (bicyclic) bond motifs is 1. The number of pyridine rings is 1. The maximum atomic E-state index is 13.1. The van der Waals surface area contributed by atoms with Crippen molar-refractivity contribution < 1.29 is 13.9 Å². The number of carbonyl (C=O) groups excluding carboxylic acids is 1. The van der Waals surface area contributed by atoms with Crippen molar-refractivity contribution in [3.63, 3.8) is 0 Å². The van der Waals surface area contributed by atoms with Crippen molar-refractivity contribution in [3.8, 4) is 5.75 Å². The highest BCUT2D eigenvalue weighted by molar-refractivity contribution is 6.04. The molecule has 0 unspecified atom stereocenters. The SMILES string of the molecule is COc1ccc2[nH]c(=O)c(CN(C(=O)c3ccco3)c3ccccc3C)cc2c1. The molecule has 0 spiro atoms. The molecular formula is C23H20N2O4. The van der Waals surface area contributed by atoms with Crippen LogP contribution in [0.1, 0.15) is 21.7 Å². The molecule has 4 aromatic rings. The summed E-state index contributed by atoms with van der Waals surface area (Å²) in [6, 6.07) is 18.1. The van der Waals surface area contributed by atoms with Crippen LogP contribution >= 0.6 is 0 Å². The lowest BCUT2D eigenvalue weighted by Crippen LogP contribution is -2.33. The fourth-order valence-electron chi connectivity index (χ4n) is 3.31. The number of rotatable bonds is 5. The molecule has 6 heteroatoms. The molecule has 146 valence electrons. The number of methoxy groups -OCH3 is 1. The molecule has 0 aliphatic carbocycles. The zero-order valence-electron chi connectivity index (χ0n) is 16.1. The zero-order valence-corrected chi connectivity index (χ0v) is 16.1. The first-order valence-electron chi connectivity index (χ1n) is 9.18. The van der Waals surface area contributed by atoms with Crippen molar-refractivity contribution in [1.82, 2.24) is 4.98 Å². The van der Waals surface area contributed by atoms with Gasteiger partial charge in [-0.2, -0.15) is 0 Å². The highest BCUT2D eigenvalue weighted by Crippen LogP contribution is 2.25. The number of aromatic nitrogens is 1. The molecular weight excluding hydrogens is 368 g/mol. The average Bonchev–Trinajstić information content (AvgIpc) is 3.27. The Morgan fingerprint density at radius 2 is 1.93 bits per heavy atom. The summed E-state index contributed by atoms with van der Waals surface area (Å²) in [6.45, 7) is 2.03. The van der Waals surface area contributed by atoms with Gasteiger partial charge in [0, 0.05) is 22.2 Å². The Morgan fingerprint density at radius 1 is 1.10 bits per heavy atom.